The van der Waals surface area contributed by atoms with Crippen molar-refractivity contribution in [1.82, 2.24) is 4.90 Å². The number of carbonyl (C=O) groups excluding carboxylic acids is 2. The maximum atomic E-state index is 12.3. The molecule has 5 nitrogen and oxygen atoms in total. The van der Waals surface area contributed by atoms with Crippen LogP contribution in [0.4, 0.5) is 0 Å². The Morgan fingerprint density at radius 2 is 1.82 bits per heavy atom. The van der Waals surface area contributed by atoms with E-state index in [0.29, 0.717) is 18.9 Å². The average molecular weight is 312 g/mol. The molecular formula is C17H32N2O3. The highest BCUT2D eigenvalue weighted by atomic mass is 16.5. The van der Waals surface area contributed by atoms with Crippen LogP contribution in [-0.4, -0.2) is 42.0 Å². The fourth-order valence-electron chi connectivity index (χ4n) is 3.35. The van der Waals surface area contributed by atoms with E-state index in [1.807, 2.05) is 4.90 Å². The molecule has 128 valence electrons. The lowest BCUT2D eigenvalue weighted by atomic mass is 9.94. The van der Waals surface area contributed by atoms with Crippen LogP contribution in [0.5, 0.6) is 0 Å². The van der Waals surface area contributed by atoms with Gasteiger partial charge < -0.3 is 15.4 Å². The van der Waals surface area contributed by atoms with E-state index in [1.165, 1.54) is 0 Å². The van der Waals surface area contributed by atoms with Crippen molar-refractivity contribution in [3.8, 4) is 0 Å². The van der Waals surface area contributed by atoms with Gasteiger partial charge in [-0.2, -0.15) is 0 Å². The molecule has 0 aromatic carbocycles. The Hall–Kier alpha value is -1.10. The van der Waals surface area contributed by atoms with E-state index < -0.39 is 0 Å². The Morgan fingerprint density at radius 1 is 1.23 bits per heavy atom. The average Bonchev–Trinajstić information content (AvgIpc) is 2.43. The number of nitrogens with two attached hydrogens (primary N) is 1. The van der Waals surface area contributed by atoms with Crippen LogP contribution in [0.25, 0.3) is 0 Å². The number of amides is 1. The summed E-state index contributed by atoms with van der Waals surface area (Å²) in [6.45, 7) is 8.66. The van der Waals surface area contributed by atoms with Gasteiger partial charge in [-0.25, -0.2) is 0 Å². The Morgan fingerprint density at radius 3 is 2.32 bits per heavy atom. The van der Waals surface area contributed by atoms with Crippen molar-refractivity contribution < 1.29 is 14.3 Å². The van der Waals surface area contributed by atoms with Gasteiger partial charge in [-0.15, -0.1) is 0 Å². The van der Waals surface area contributed by atoms with Gasteiger partial charge in [-0.3, -0.25) is 9.59 Å². The smallest absolute Gasteiger partial charge is 0.306 e. The second-order valence-electron chi connectivity index (χ2n) is 7.03. The van der Waals surface area contributed by atoms with Gasteiger partial charge >= 0.3 is 5.97 Å². The number of hydrogen-bond acceptors (Lipinski definition) is 4. The van der Waals surface area contributed by atoms with Crippen molar-refractivity contribution >= 4 is 11.9 Å². The summed E-state index contributed by atoms with van der Waals surface area (Å²) in [6.07, 6.45) is 4.40. The van der Waals surface area contributed by atoms with Gasteiger partial charge in [-0.1, -0.05) is 13.8 Å². The number of nitrogens with zero attached hydrogens (tertiary/aromatic N) is 1. The first-order valence-electron chi connectivity index (χ1n) is 8.52. The second kappa shape index (κ2) is 9.13. The van der Waals surface area contributed by atoms with Gasteiger partial charge in [0.05, 0.1) is 0 Å². The molecule has 0 unspecified atom stereocenters. The number of ether oxygens (including phenoxy) is 1. The van der Waals surface area contributed by atoms with Crippen LogP contribution in [0.2, 0.25) is 0 Å². The lowest BCUT2D eigenvalue weighted by molar-refractivity contribution is -0.155. The van der Waals surface area contributed by atoms with Crippen LogP contribution in [0, 0.1) is 11.8 Å². The molecule has 0 bridgehead atoms. The van der Waals surface area contributed by atoms with E-state index in [0.717, 1.165) is 25.7 Å². The summed E-state index contributed by atoms with van der Waals surface area (Å²) in [5.41, 5.74) is 5.70. The molecule has 1 saturated heterocycles. The molecule has 1 heterocycles. The molecular weight excluding hydrogens is 280 g/mol. The van der Waals surface area contributed by atoms with Gasteiger partial charge in [0.2, 0.25) is 0 Å². The zero-order valence-electron chi connectivity index (χ0n) is 14.5. The summed E-state index contributed by atoms with van der Waals surface area (Å²) in [4.78, 5) is 26.0. The Bertz CT molecular complexity index is 361. The number of hydrogen-bond donors (Lipinski definition) is 1. The number of piperidine rings is 1. The van der Waals surface area contributed by atoms with Crippen LogP contribution >= 0.6 is 0 Å². The first-order chi connectivity index (χ1) is 10.3. The lowest BCUT2D eigenvalue weighted by Gasteiger charge is -2.38. The SMILES string of the molecule is CC(C)C[C@H](CN)CC(=O)OCC(=O)N1[C@H](C)CCC[C@@H]1C. The Balaban J connectivity index is 2.40. The van der Waals surface area contributed by atoms with Crippen molar-refractivity contribution in [2.24, 2.45) is 17.6 Å². The van der Waals surface area contributed by atoms with Crippen LogP contribution < -0.4 is 5.73 Å². The standard InChI is InChI=1S/C17H32N2O3/c1-12(2)8-15(10-18)9-17(21)22-11-16(20)19-13(3)6-5-7-14(19)4/h12-15H,5-11,18H2,1-4H3/t13-,14+,15-/m0/s1. The van der Waals surface area contributed by atoms with E-state index in [1.54, 1.807) is 0 Å². The summed E-state index contributed by atoms with van der Waals surface area (Å²) in [5, 5.41) is 0. The normalized spacial score (nSPS) is 23.5. The molecule has 0 radical (unpaired) electrons. The molecule has 0 spiro atoms. The summed E-state index contributed by atoms with van der Waals surface area (Å²) < 4.78 is 5.18. The second-order valence-corrected chi connectivity index (χ2v) is 7.03. The van der Waals surface area contributed by atoms with Crippen molar-refractivity contribution in [2.75, 3.05) is 13.2 Å². The molecule has 0 aromatic rings. The minimum atomic E-state index is -0.318. The Labute approximate surface area is 134 Å². The minimum absolute atomic E-state index is 0.0822. The van der Waals surface area contributed by atoms with E-state index >= 15 is 0 Å². The predicted octanol–water partition coefficient (Wildman–Crippen LogP) is 2.33. The third-order valence-electron chi connectivity index (χ3n) is 4.43. The highest BCUT2D eigenvalue weighted by Crippen LogP contribution is 2.22. The van der Waals surface area contributed by atoms with Crippen molar-refractivity contribution in [2.45, 2.75) is 71.9 Å². The van der Waals surface area contributed by atoms with Crippen LogP contribution in [0.3, 0.4) is 0 Å². The van der Waals surface area contributed by atoms with Gasteiger partial charge in [0.15, 0.2) is 6.61 Å². The highest BCUT2D eigenvalue weighted by molar-refractivity contribution is 5.81. The molecule has 3 atom stereocenters. The molecule has 0 aromatic heterocycles. The first kappa shape index (κ1) is 18.9. The van der Waals surface area contributed by atoms with E-state index in [2.05, 4.69) is 27.7 Å². The first-order valence-corrected chi connectivity index (χ1v) is 8.52. The topological polar surface area (TPSA) is 72.6 Å². The zero-order valence-corrected chi connectivity index (χ0v) is 14.5. The zero-order chi connectivity index (χ0) is 16.7. The molecule has 2 N–H and O–H groups in total. The molecule has 22 heavy (non-hydrogen) atoms. The summed E-state index contributed by atoms with van der Waals surface area (Å²) >= 11 is 0. The maximum absolute atomic E-state index is 12.3. The molecule has 5 heteroatoms. The van der Waals surface area contributed by atoms with Gasteiger partial charge in [0.25, 0.3) is 5.91 Å². The predicted molar refractivity (Wildman–Crippen MR) is 87.2 cm³/mol. The summed E-state index contributed by atoms with van der Waals surface area (Å²) in [7, 11) is 0. The van der Waals surface area contributed by atoms with Crippen molar-refractivity contribution in [3.05, 3.63) is 0 Å². The molecule has 1 rings (SSSR count). The molecule has 0 saturated carbocycles. The number of rotatable bonds is 7. The van der Waals surface area contributed by atoms with Crippen LogP contribution in [0.1, 0.15) is 59.8 Å². The molecule has 0 aliphatic carbocycles. The number of esters is 1. The largest absolute Gasteiger partial charge is 0.456 e. The molecule has 1 aliphatic heterocycles. The van der Waals surface area contributed by atoms with Crippen molar-refractivity contribution in [1.29, 1.82) is 0 Å². The Kier molecular flexibility index (Phi) is 7.87. The summed E-state index contributed by atoms with van der Waals surface area (Å²) in [6, 6.07) is 0.459. The van der Waals surface area contributed by atoms with Gasteiger partial charge in [-0.05, 0) is 57.9 Å². The molecule has 1 fully saturated rings. The monoisotopic (exact) mass is 312 g/mol. The van der Waals surface area contributed by atoms with E-state index in [-0.39, 0.29) is 36.5 Å². The fourth-order valence-corrected chi connectivity index (χ4v) is 3.35. The lowest BCUT2D eigenvalue weighted by Crippen LogP contribution is -2.49. The quantitative estimate of drug-likeness (QED) is 0.732. The highest BCUT2D eigenvalue weighted by Gasteiger charge is 2.29. The van der Waals surface area contributed by atoms with E-state index in [4.69, 9.17) is 10.5 Å². The summed E-state index contributed by atoms with van der Waals surface area (Å²) in [5.74, 6) is 0.233. The van der Waals surface area contributed by atoms with Crippen LogP contribution in [0.15, 0.2) is 0 Å². The number of carbonyl (C=O) groups is 2. The number of likely N-dealkylation sites (tertiary alicyclic amines) is 1. The fraction of sp³-hybridized carbons (Fsp3) is 0.882. The third-order valence-corrected chi connectivity index (χ3v) is 4.43. The van der Waals surface area contributed by atoms with Crippen LogP contribution in [-0.2, 0) is 14.3 Å². The van der Waals surface area contributed by atoms with Crippen molar-refractivity contribution in [3.63, 3.8) is 0 Å². The maximum Gasteiger partial charge on any atom is 0.306 e. The third kappa shape index (κ3) is 5.95. The van der Waals surface area contributed by atoms with Gasteiger partial charge in [0.1, 0.15) is 0 Å². The molecule has 1 amide bonds. The minimum Gasteiger partial charge on any atom is -0.456 e. The van der Waals surface area contributed by atoms with Gasteiger partial charge in [0, 0.05) is 18.5 Å². The molecule has 1 aliphatic rings. The van der Waals surface area contributed by atoms with E-state index in [9.17, 15) is 9.59 Å².